The maximum Gasteiger partial charge on any atom is 0.139 e. The maximum absolute atomic E-state index is 13.2. The van der Waals surface area contributed by atoms with Crippen LogP contribution >= 0.6 is 0 Å². The molecule has 0 aliphatic carbocycles. The number of rotatable bonds is 3. The number of hydrogen-bond donors (Lipinski definition) is 0. The molecule has 0 fully saturated rings. The van der Waals surface area contributed by atoms with Gasteiger partial charge >= 0.3 is 0 Å². The lowest BCUT2D eigenvalue weighted by Gasteiger charge is -2.01. The van der Waals surface area contributed by atoms with Gasteiger partial charge < -0.3 is 0 Å². The van der Waals surface area contributed by atoms with E-state index in [9.17, 15) is 4.39 Å². The summed E-state index contributed by atoms with van der Waals surface area (Å²) in [7, 11) is 0. The summed E-state index contributed by atoms with van der Waals surface area (Å²) in [5.41, 5.74) is 3.06. The van der Waals surface area contributed by atoms with E-state index in [0.717, 1.165) is 23.0 Å². The Kier molecular flexibility index (Phi) is 4.63. The number of para-hydroxylation sites is 1. The van der Waals surface area contributed by atoms with Gasteiger partial charge in [-0.3, -0.25) is 4.98 Å². The second-order valence-corrected chi connectivity index (χ2v) is 5.36. The van der Waals surface area contributed by atoms with E-state index in [0.29, 0.717) is 17.8 Å². The van der Waals surface area contributed by atoms with Gasteiger partial charge in [-0.2, -0.15) is 0 Å². The van der Waals surface area contributed by atoms with Crippen LogP contribution in [0.2, 0.25) is 0 Å². The minimum absolute atomic E-state index is 0.424. The number of fused-ring (bicyclic) bond motifs is 1. The van der Waals surface area contributed by atoms with Gasteiger partial charge in [0.2, 0.25) is 0 Å². The Morgan fingerprint density at radius 1 is 1.00 bits per heavy atom. The summed E-state index contributed by atoms with van der Waals surface area (Å²) < 4.78 is 13.2. The van der Waals surface area contributed by atoms with Gasteiger partial charge in [0.25, 0.3) is 0 Å². The lowest BCUT2D eigenvalue weighted by Crippen LogP contribution is -1.93. The van der Waals surface area contributed by atoms with E-state index in [4.69, 9.17) is 0 Å². The van der Waals surface area contributed by atoms with Gasteiger partial charge in [-0.25, -0.2) is 9.37 Å². The summed E-state index contributed by atoms with van der Waals surface area (Å²) in [5, 5.41) is 1.14. The topological polar surface area (TPSA) is 25.8 Å². The van der Waals surface area contributed by atoms with Crippen molar-refractivity contribution in [3.8, 4) is 11.8 Å². The Labute approximate surface area is 135 Å². The fourth-order valence-electron chi connectivity index (χ4n) is 2.33. The molecule has 1 aromatic carbocycles. The highest BCUT2D eigenvalue weighted by Gasteiger charge is 2.03. The average molecular weight is 304 g/mol. The van der Waals surface area contributed by atoms with Crippen LogP contribution in [0.1, 0.15) is 36.6 Å². The Hall–Kier alpha value is -2.73. The van der Waals surface area contributed by atoms with Crippen LogP contribution in [0.5, 0.6) is 0 Å². The molecule has 0 amide bonds. The van der Waals surface area contributed by atoms with Gasteiger partial charge in [0, 0.05) is 23.9 Å². The van der Waals surface area contributed by atoms with Crippen molar-refractivity contribution in [3.05, 3.63) is 71.7 Å². The predicted octanol–water partition coefficient (Wildman–Crippen LogP) is 4.64. The third kappa shape index (κ3) is 3.92. The van der Waals surface area contributed by atoms with E-state index >= 15 is 0 Å². The van der Waals surface area contributed by atoms with Gasteiger partial charge in [0.05, 0.1) is 11.2 Å². The second kappa shape index (κ2) is 7.02. The van der Waals surface area contributed by atoms with Crippen molar-refractivity contribution < 1.29 is 4.39 Å². The first kappa shape index (κ1) is 15.2. The molecule has 0 radical (unpaired) electrons. The molecule has 0 saturated heterocycles. The molecule has 3 rings (SSSR count). The molecule has 3 aromatic rings. The van der Waals surface area contributed by atoms with Gasteiger partial charge in [0.1, 0.15) is 11.9 Å². The predicted molar refractivity (Wildman–Crippen MR) is 90.7 cm³/mol. The summed E-state index contributed by atoms with van der Waals surface area (Å²) in [5.74, 6) is 6.08. The SMILES string of the molecule is CC(F)c1cccc(C#CCCc2ccc3ccccc3n2)n1. The van der Waals surface area contributed by atoms with Crippen molar-refractivity contribution in [3.63, 3.8) is 0 Å². The lowest BCUT2D eigenvalue weighted by molar-refractivity contribution is 0.365. The summed E-state index contributed by atoms with van der Waals surface area (Å²) in [6.45, 7) is 1.48. The number of benzene rings is 1. The highest BCUT2D eigenvalue weighted by molar-refractivity contribution is 5.78. The molecule has 2 nitrogen and oxygen atoms in total. The number of aromatic nitrogens is 2. The van der Waals surface area contributed by atoms with E-state index in [1.165, 1.54) is 6.92 Å². The van der Waals surface area contributed by atoms with E-state index in [1.807, 2.05) is 24.3 Å². The number of hydrogen-bond acceptors (Lipinski definition) is 2. The summed E-state index contributed by atoms with van der Waals surface area (Å²) in [6, 6.07) is 17.4. The minimum atomic E-state index is -1.07. The molecule has 1 unspecified atom stereocenters. The summed E-state index contributed by atoms with van der Waals surface area (Å²) >= 11 is 0. The largest absolute Gasteiger partial charge is 0.253 e. The van der Waals surface area contributed by atoms with E-state index in [1.54, 1.807) is 18.2 Å². The van der Waals surface area contributed by atoms with E-state index in [2.05, 4.69) is 33.9 Å². The Morgan fingerprint density at radius 2 is 1.87 bits per heavy atom. The van der Waals surface area contributed by atoms with Crippen LogP contribution in [0.4, 0.5) is 4.39 Å². The molecule has 0 saturated carbocycles. The molecule has 0 aliphatic rings. The number of pyridine rings is 2. The zero-order valence-electron chi connectivity index (χ0n) is 13.0. The molecule has 3 heteroatoms. The summed E-state index contributed by atoms with van der Waals surface area (Å²) in [4.78, 5) is 8.82. The number of halogens is 1. The van der Waals surface area contributed by atoms with Crippen LogP contribution in [0.15, 0.2) is 54.6 Å². The molecule has 0 N–H and O–H groups in total. The van der Waals surface area contributed by atoms with Crippen LogP contribution in [0.25, 0.3) is 10.9 Å². The van der Waals surface area contributed by atoms with Crippen molar-refractivity contribution in [2.24, 2.45) is 0 Å². The van der Waals surface area contributed by atoms with Crippen LogP contribution in [-0.4, -0.2) is 9.97 Å². The first-order valence-corrected chi connectivity index (χ1v) is 7.67. The van der Waals surface area contributed by atoms with Gasteiger partial charge in [0.15, 0.2) is 0 Å². The normalized spacial score (nSPS) is 11.7. The monoisotopic (exact) mass is 304 g/mol. The van der Waals surface area contributed by atoms with Crippen molar-refractivity contribution in [2.45, 2.75) is 25.9 Å². The van der Waals surface area contributed by atoms with Crippen molar-refractivity contribution in [1.29, 1.82) is 0 Å². The molecule has 23 heavy (non-hydrogen) atoms. The van der Waals surface area contributed by atoms with Crippen molar-refractivity contribution in [2.75, 3.05) is 0 Å². The first-order chi connectivity index (χ1) is 11.2. The quantitative estimate of drug-likeness (QED) is 0.659. The van der Waals surface area contributed by atoms with Crippen LogP contribution in [-0.2, 0) is 6.42 Å². The highest BCUT2D eigenvalue weighted by atomic mass is 19.1. The number of nitrogens with zero attached hydrogens (tertiary/aromatic N) is 2. The second-order valence-electron chi connectivity index (χ2n) is 5.36. The van der Waals surface area contributed by atoms with Crippen molar-refractivity contribution in [1.82, 2.24) is 9.97 Å². The number of aryl methyl sites for hydroxylation is 1. The maximum atomic E-state index is 13.2. The van der Waals surface area contributed by atoms with Gasteiger partial charge in [-0.1, -0.05) is 36.3 Å². The first-order valence-electron chi connectivity index (χ1n) is 7.67. The molecule has 0 spiro atoms. The Balaban J connectivity index is 1.66. The minimum Gasteiger partial charge on any atom is -0.253 e. The molecule has 2 aromatic heterocycles. The summed E-state index contributed by atoms with van der Waals surface area (Å²) in [6.07, 6.45) is 0.415. The number of alkyl halides is 1. The van der Waals surface area contributed by atoms with E-state index < -0.39 is 6.17 Å². The lowest BCUT2D eigenvalue weighted by atomic mass is 10.1. The Bertz CT molecular complexity index is 875. The molecule has 2 heterocycles. The van der Waals surface area contributed by atoms with Crippen LogP contribution < -0.4 is 0 Å². The standard InChI is InChI=1S/C20H17FN2/c1-15(21)19-12-6-10-17(22-19)8-3-4-9-18-14-13-16-7-2-5-11-20(16)23-18/h2,5-7,10-15H,4,9H2,1H3. The van der Waals surface area contributed by atoms with Crippen molar-refractivity contribution >= 4 is 10.9 Å². The fraction of sp³-hybridized carbons (Fsp3) is 0.200. The van der Waals surface area contributed by atoms with Gasteiger partial charge in [-0.15, -0.1) is 0 Å². The molecule has 114 valence electrons. The third-order valence-electron chi connectivity index (χ3n) is 3.56. The molecular formula is C20H17FN2. The third-order valence-corrected chi connectivity index (χ3v) is 3.56. The zero-order chi connectivity index (χ0) is 16.1. The zero-order valence-corrected chi connectivity index (χ0v) is 13.0. The fourth-order valence-corrected chi connectivity index (χ4v) is 2.33. The smallest absolute Gasteiger partial charge is 0.139 e. The average Bonchev–Trinajstić information content (AvgIpc) is 2.59. The molecule has 1 atom stereocenters. The van der Waals surface area contributed by atoms with Crippen LogP contribution in [0.3, 0.4) is 0 Å². The van der Waals surface area contributed by atoms with Crippen LogP contribution in [0, 0.1) is 11.8 Å². The molecule has 0 aliphatic heterocycles. The molecule has 0 bridgehead atoms. The highest BCUT2D eigenvalue weighted by Crippen LogP contribution is 2.14. The Morgan fingerprint density at radius 3 is 2.74 bits per heavy atom. The van der Waals surface area contributed by atoms with E-state index in [-0.39, 0.29) is 0 Å². The van der Waals surface area contributed by atoms with Gasteiger partial charge in [-0.05, 0) is 37.1 Å². The molecular weight excluding hydrogens is 287 g/mol.